The maximum atomic E-state index is 4.89. The Labute approximate surface area is 161 Å². The maximum absolute atomic E-state index is 4.89. The van der Waals surface area contributed by atoms with Crippen LogP contribution in [0.4, 0.5) is 0 Å². The fraction of sp³-hybridized carbons (Fsp3) is 0.227. The lowest BCUT2D eigenvalue weighted by atomic mass is 9.98. The molecular weight excluding hydrogens is 348 g/mol. The fourth-order valence-electron chi connectivity index (χ4n) is 3.16. The second-order valence-corrected chi connectivity index (χ2v) is 12.5. The van der Waals surface area contributed by atoms with Crippen molar-refractivity contribution < 1.29 is 0 Å². The molecule has 1 aromatic heterocycles. The Morgan fingerprint density at radius 2 is 1.78 bits per heavy atom. The Kier molecular flexibility index (Phi) is 4.29. The number of rotatable bonds is 1. The Hall–Kier alpha value is -2.97. The van der Waals surface area contributed by atoms with Crippen LogP contribution in [0.15, 0.2) is 53.5 Å². The molecule has 0 saturated heterocycles. The highest BCUT2D eigenvalue weighted by Gasteiger charge is 2.21. The summed E-state index contributed by atoms with van der Waals surface area (Å²) in [6.45, 7) is 9.26. The van der Waals surface area contributed by atoms with Crippen LogP contribution in [0.3, 0.4) is 0 Å². The van der Waals surface area contributed by atoms with Gasteiger partial charge in [-0.3, -0.25) is 9.56 Å². The molecule has 134 valence electrons. The highest BCUT2D eigenvalue weighted by molar-refractivity contribution is 6.83. The summed E-state index contributed by atoms with van der Waals surface area (Å²) in [7, 11) is -1.44. The van der Waals surface area contributed by atoms with Crippen molar-refractivity contribution in [2.75, 3.05) is 0 Å². The lowest BCUT2D eigenvalue weighted by molar-refractivity contribution is 0.861. The van der Waals surface area contributed by atoms with Gasteiger partial charge in [0.15, 0.2) is 5.82 Å². The second kappa shape index (κ2) is 6.64. The molecule has 2 aromatic carbocycles. The molecular formula is C22H22N4Si. The number of nitrogens with zero attached hydrogens (tertiary/aromatic N) is 4. The van der Waals surface area contributed by atoms with E-state index in [2.05, 4.69) is 76.2 Å². The third-order valence-electron chi connectivity index (χ3n) is 4.39. The van der Waals surface area contributed by atoms with Gasteiger partial charge in [0.2, 0.25) is 0 Å². The van der Waals surface area contributed by atoms with Crippen LogP contribution < -0.4 is 0 Å². The molecule has 1 aliphatic rings. The minimum Gasteiger partial charge on any atom is -0.281 e. The number of aryl methyl sites for hydroxylation is 1. The van der Waals surface area contributed by atoms with Gasteiger partial charge >= 0.3 is 0 Å². The van der Waals surface area contributed by atoms with E-state index in [-0.39, 0.29) is 0 Å². The molecule has 0 radical (unpaired) electrons. The van der Waals surface area contributed by atoms with Crippen LogP contribution in [0.5, 0.6) is 0 Å². The first kappa shape index (κ1) is 17.4. The molecule has 0 bridgehead atoms. The topological polar surface area (TPSA) is 43.1 Å². The number of aromatic nitrogens is 3. The van der Waals surface area contributed by atoms with Crippen molar-refractivity contribution >= 4 is 13.8 Å². The van der Waals surface area contributed by atoms with E-state index >= 15 is 0 Å². The van der Waals surface area contributed by atoms with E-state index in [4.69, 9.17) is 4.99 Å². The number of aliphatic imine (C=N–C) groups is 1. The highest BCUT2D eigenvalue weighted by Crippen LogP contribution is 2.26. The van der Waals surface area contributed by atoms with Gasteiger partial charge < -0.3 is 0 Å². The SMILES string of the molecule is Cc1nnc2n1-c1ccc(C#C[Si](C)(C)C)cc1C(c1ccccc1)=NC2. The smallest absolute Gasteiger partial charge is 0.159 e. The van der Waals surface area contributed by atoms with E-state index in [0.717, 1.165) is 39.7 Å². The van der Waals surface area contributed by atoms with Crippen LogP contribution in [-0.4, -0.2) is 28.6 Å². The lowest BCUT2D eigenvalue weighted by Crippen LogP contribution is -2.16. The molecule has 1 aliphatic heterocycles. The van der Waals surface area contributed by atoms with Gasteiger partial charge in [0, 0.05) is 16.7 Å². The van der Waals surface area contributed by atoms with Crippen LogP contribution in [0.2, 0.25) is 19.6 Å². The Bertz CT molecular complexity index is 1090. The summed E-state index contributed by atoms with van der Waals surface area (Å²) >= 11 is 0. The summed E-state index contributed by atoms with van der Waals surface area (Å²) in [4.78, 5) is 4.89. The standard InChI is InChI=1S/C22H22N4Si/c1-16-24-25-21-15-23-22(18-8-6-5-7-9-18)19-14-17(12-13-27(2,3)4)10-11-20(19)26(16)21/h5-11,14H,15H2,1-4H3. The molecule has 4 nitrogen and oxygen atoms in total. The summed E-state index contributed by atoms with van der Waals surface area (Å²) in [5.41, 5.74) is 8.70. The van der Waals surface area contributed by atoms with Crippen molar-refractivity contribution in [2.24, 2.45) is 4.99 Å². The number of fused-ring (bicyclic) bond motifs is 3. The van der Waals surface area contributed by atoms with Crippen LogP contribution in [0, 0.1) is 18.4 Å². The van der Waals surface area contributed by atoms with Crippen molar-refractivity contribution in [3.63, 3.8) is 0 Å². The molecule has 3 aromatic rings. The number of hydrogen-bond acceptors (Lipinski definition) is 3. The van der Waals surface area contributed by atoms with E-state index in [1.807, 2.05) is 25.1 Å². The summed E-state index contributed by atoms with van der Waals surface area (Å²) < 4.78 is 2.10. The molecule has 27 heavy (non-hydrogen) atoms. The molecule has 0 unspecified atom stereocenters. The van der Waals surface area contributed by atoms with Gasteiger partial charge in [-0.2, -0.15) is 0 Å². The first-order valence-corrected chi connectivity index (χ1v) is 12.6. The average Bonchev–Trinajstić information content (AvgIpc) is 2.92. The normalized spacial score (nSPS) is 13.0. The van der Waals surface area contributed by atoms with Crippen LogP contribution in [0.1, 0.15) is 28.3 Å². The molecule has 4 rings (SSSR count). The molecule has 0 amide bonds. The van der Waals surface area contributed by atoms with Crippen molar-refractivity contribution in [3.05, 3.63) is 76.9 Å². The average molecular weight is 371 g/mol. The van der Waals surface area contributed by atoms with Crippen molar-refractivity contribution in [2.45, 2.75) is 33.1 Å². The summed E-state index contributed by atoms with van der Waals surface area (Å²) in [5.74, 6) is 5.11. The third kappa shape index (κ3) is 3.49. The van der Waals surface area contributed by atoms with Gasteiger partial charge in [-0.1, -0.05) is 55.9 Å². The first-order valence-electron chi connectivity index (χ1n) is 9.11. The summed E-state index contributed by atoms with van der Waals surface area (Å²) in [6, 6.07) is 16.7. The monoisotopic (exact) mass is 370 g/mol. The zero-order valence-corrected chi connectivity index (χ0v) is 17.1. The summed E-state index contributed by atoms with van der Waals surface area (Å²) in [6.07, 6.45) is 0. The minimum absolute atomic E-state index is 0.510. The molecule has 0 saturated carbocycles. The number of hydrogen-bond donors (Lipinski definition) is 0. The van der Waals surface area contributed by atoms with Gasteiger partial charge in [-0.25, -0.2) is 0 Å². The Balaban J connectivity index is 1.94. The molecule has 0 fully saturated rings. The highest BCUT2D eigenvalue weighted by atomic mass is 28.3. The predicted octanol–water partition coefficient (Wildman–Crippen LogP) is 4.16. The molecule has 2 heterocycles. The third-order valence-corrected chi connectivity index (χ3v) is 5.27. The van der Waals surface area contributed by atoms with E-state index in [9.17, 15) is 0 Å². The van der Waals surface area contributed by atoms with Crippen molar-refractivity contribution in [3.8, 4) is 17.2 Å². The van der Waals surface area contributed by atoms with Crippen molar-refractivity contribution in [1.82, 2.24) is 14.8 Å². The molecule has 0 spiro atoms. The largest absolute Gasteiger partial charge is 0.281 e. The predicted molar refractivity (Wildman–Crippen MR) is 112 cm³/mol. The maximum Gasteiger partial charge on any atom is 0.159 e. The minimum atomic E-state index is -1.44. The summed E-state index contributed by atoms with van der Waals surface area (Å²) in [5, 5.41) is 8.57. The Morgan fingerprint density at radius 3 is 2.52 bits per heavy atom. The van der Waals surface area contributed by atoms with Crippen LogP contribution >= 0.6 is 0 Å². The van der Waals surface area contributed by atoms with E-state index in [1.165, 1.54) is 0 Å². The molecule has 0 N–H and O–H groups in total. The van der Waals surface area contributed by atoms with E-state index < -0.39 is 8.07 Å². The van der Waals surface area contributed by atoms with Gasteiger partial charge in [-0.15, -0.1) is 15.7 Å². The molecule has 5 heteroatoms. The van der Waals surface area contributed by atoms with Crippen LogP contribution in [0.25, 0.3) is 5.69 Å². The van der Waals surface area contributed by atoms with Gasteiger partial charge in [0.25, 0.3) is 0 Å². The number of benzene rings is 2. The van der Waals surface area contributed by atoms with Gasteiger partial charge in [0.1, 0.15) is 20.4 Å². The zero-order valence-electron chi connectivity index (χ0n) is 16.1. The lowest BCUT2D eigenvalue weighted by Gasteiger charge is -2.13. The second-order valence-electron chi connectivity index (χ2n) is 7.76. The van der Waals surface area contributed by atoms with E-state index in [1.54, 1.807) is 0 Å². The van der Waals surface area contributed by atoms with E-state index in [0.29, 0.717) is 6.54 Å². The van der Waals surface area contributed by atoms with Crippen molar-refractivity contribution in [1.29, 1.82) is 0 Å². The van der Waals surface area contributed by atoms with Crippen LogP contribution in [-0.2, 0) is 6.54 Å². The zero-order chi connectivity index (χ0) is 19.0. The Morgan fingerprint density at radius 1 is 1.00 bits per heavy atom. The fourth-order valence-corrected chi connectivity index (χ4v) is 3.68. The molecule has 0 aliphatic carbocycles. The quantitative estimate of drug-likeness (QED) is 0.477. The molecule has 0 atom stereocenters. The first-order chi connectivity index (χ1) is 12.9. The van der Waals surface area contributed by atoms with Gasteiger partial charge in [0.05, 0.1) is 11.4 Å². The van der Waals surface area contributed by atoms with Gasteiger partial charge in [-0.05, 0) is 25.1 Å².